The normalized spacial score (nSPS) is 20.1. The summed E-state index contributed by atoms with van der Waals surface area (Å²) in [6.07, 6.45) is 6.39. The van der Waals surface area contributed by atoms with Crippen molar-refractivity contribution >= 4 is 28.1 Å². The maximum absolute atomic E-state index is 13.4. The second-order valence-corrected chi connectivity index (χ2v) is 10.5. The van der Waals surface area contributed by atoms with E-state index in [1.54, 1.807) is 26.2 Å². The number of carbonyl (C=O) groups excluding carboxylic acids is 1. The maximum atomic E-state index is 13.4. The van der Waals surface area contributed by atoms with Gasteiger partial charge in [0.25, 0.3) is 0 Å². The molecule has 0 bridgehead atoms. The monoisotopic (exact) mass is 489 g/mol. The van der Waals surface area contributed by atoms with Gasteiger partial charge in [-0.2, -0.15) is 4.31 Å². The topological polar surface area (TPSA) is 111 Å². The van der Waals surface area contributed by atoms with Crippen LogP contribution in [-0.4, -0.2) is 63.2 Å². The van der Waals surface area contributed by atoms with Crippen LogP contribution >= 0.6 is 0 Å². The summed E-state index contributed by atoms with van der Waals surface area (Å²) in [5.74, 6) is 0.687. The minimum Gasteiger partial charge on any atom is -0.497 e. The van der Waals surface area contributed by atoms with Crippen molar-refractivity contribution in [2.45, 2.75) is 43.6 Å². The van der Waals surface area contributed by atoms with Crippen molar-refractivity contribution < 1.29 is 27.2 Å². The molecule has 9 nitrogen and oxygen atoms in total. The molecule has 184 valence electrons. The largest absolute Gasteiger partial charge is 0.497 e. The molecule has 2 saturated heterocycles. The quantitative estimate of drug-likeness (QED) is 0.607. The first-order valence-corrected chi connectivity index (χ1v) is 13.0. The molecule has 3 heterocycles. The molecule has 1 amide bonds. The van der Waals surface area contributed by atoms with Crippen LogP contribution in [0.5, 0.6) is 5.75 Å². The Balaban J connectivity index is 1.40. The molecule has 1 N–H and O–H groups in total. The molecule has 34 heavy (non-hydrogen) atoms. The van der Waals surface area contributed by atoms with E-state index in [1.165, 1.54) is 4.31 Å². The number of ether oxygens (including phenoxy) is 2. The van der Waals surface area contributed by atoms with E-state index in [2.05, 4.69) is 10.5 Å². The third-order valence-corrected chi connectivity index (χ3v) is 8.38. The number of piperidine rings is 1. The van der Waals surface area contributed by atoms with E-state index in [-0.39, 0.29) is 41.7 Å². The summed E-state index contributed by atoms with van der Waals surface area (Å²) >= 11 is 0. The van der Waals surface area contributed by atoms with Crippen LogP contribution in [0.2, 0.25) is 0 Å². The van der Waals surface area contributed by atoms with Gasteiger partial charge in [0.15, 0.2) is 10.7 Å². The van der Waals surface area contributed by atoms with Crippen LogP contribution in [0.15, 0.2) is 33.7 Å². The number of aryl methyl sites for hydroxylation is 1. The van der Waals surface area contributed by atoms with Crippen molar-refractivity contribution in [3.05, 3.63) is 41.3 Å². The number of rotatable bonds is 8. The molecule has 1 atom stereocenters. The van der Waals surface area contributed by atoms with Gasteiger partial charge in [0, 0.05) is 32.2 Å². The zero-order valence-corrected chi connectivity index (χ0v) is 20.3. The fourth-order valence-corrected chi connectivity index (χ4v) is 6.06. The van der Waals surface area contributed by atoms with E-state index >= 15 is 0 Å². The number of sulfonamides is 1. The molecule has 10 heteroatoms. The van der Waals surface area contributed by atoms with E-state index in [0.717, 1.165) is 30.8 Å². The number of hydrogen-bond acceptors (Lipinski definition) is 7. The molecule has 1 aromatic heterocycles. The summed E-state index contributed by atoms with van der Waals surface area (Å²) in [6, 6.07) is 7.37. The highest BCUT2D eigenvalue weighted by molar-refractivity contribution is 7.89. The fraction of sp³-hybridized carbons (Fsp3) is 0.500. The number of carbonyl (C=O) groups is 1. The minimum absolute atomic E-state index is 0.0307. The first-order valence-electron chi connectivity index (χ1n) is 11.6. The van der Waals surface area contributed by atoms with Crippen LogP contribution in [0.4, 0.5) is 0 Å². The van der Waals surface area contributed by atoms with E-state index in [4.69, 9.17) is 14.0 Å². The van der Waals surface area contributed by atoms with E-state index in [0.29, 0.717) is 25.1 Å². The van der Waals surface area contributed by atoms with Crippen molar-refractivity contribution in [1.82, 2.24) is 14.8 Å². The van der Waals surface area contributed by atoms with Gasteiger partial charge >= 0.3 is 0 Å². The Bertz CT molecular complexity index is 1110. The SMILES string of the molecule is COc1ccc(/C=C\c2onc(C)c2S(=O)(=O)N2CCC(C(=O)NCC3CCCO3)CC2)cc1. The Kier molecular flexibility index (Phi) is 7.70. The lowest BCUT2D eigenvalue weighted by molar-refractivity contribution is -0.126. The van der Waals surface area contributed by atoms with Gasteiger partial charge in [-0.05, 0) is 56.4 Å². The molecule has 2 aliphatic heterocycles. The van der Waals surface area contributed by atoms with Gasteiger partial charge in [0.2, 0.25) is 15.9 Å². The minimum atomic E-state index is -3.82. The molecule has 2 aliphatic rings. The summed E-state index contributed by atoms with van der Waals surface area (Å²) in [4.78, 5) is 12.6. The standard InChI is InChI=1S/C24H31N3O6S/c1-17-23(22(33-26-17)10-7-18-5-8-20(31-2)9-6-18)34(29,30)27-13-11-19(12-14-27)24(28)25-16-21-4-3-15-32-21/h5-10,19,21H,3-4,11-16H2,1-2H3,(H,25,28)/b10-7-. The Hall–Kier alpha value is -2.69. The molecule has 1 unspecified atom stereocenters. The summed E-state index contributed by atoms with van der Waals surface area (Å²) in [5, 5.41) is 6.85. The predicted molar refractivity (Wildman–Crippen MR) is 127 cm³/mol. The highest BCUT2D eigenvalue weighted by Gasteiger charge is 2.36. The molecule has 0 spiro atoms. The number of hydrogen-bond donors (Lipinski definition) is 1. The molecule has 2 fully saturated rings. The molecular weight excluding hydrogens is 458 g/mol. The summed E-state index contributed by atoms with van der Waals surface area (Å²) < 4.78 is 44.3. The summed E-state index contributed by atoms with van der Waals surface area (Å²) in [7, 11) is -2.22. The van der Waals surface area contributed by atoms with Crippen LogP contribution in [-0.2, 0) is 19.6 Å². The number of benzene rings is 1. The van der Waals surface area contributed by atoms with Crippen LogP contribution < -0.4 is 10.1 Å². The third kappa shape index (κ3) is 5.51. The Labute approximate surface area is 200 Å². The van der Waals surface area contributed by atoms with Crippen LogP contribution in [0.1, 0.15) is 42.7 Å². The number of methoxy groups -OCH3 is 1. The third-order valence-electron chi connectivity index (χ3n) is 6.33. The lowest BCUT2D eigenvalue weighted by Crippen LogP contribution is -2.44. The highest BCUT2D eigenvalue weighted by atomic mass is 32.2. The van der Waals surface area contributed by atoms with Gasteiger partial charge in [0.05, 0.1) is 13.2 Å². The van der Waals surface area contributed by atoms with Gasteiger partial charge in [-0.3, -0.25) is 4.79 Å². The number of nitrogens with zero attached hydrogens (tertiary/aromatic N) is 2. The van der Waals surface area contributed by atoms with Crippen molar-refractivity contribution in [3.8, 4) is 5.75 Å². The molecule has 2 aromatic rings. The lowest BCUT2D eigenvalue weighted by atomic mass is 9.97. The second kappa shape index (κ2) is 10.7. The fourth-order valence-electron chi connectivity index (χ4n) is 4.34. The number of aromatic nitrogens is 1. The predicted octanol–water partition coefficient (Wildman–Crippen LogP) is 2.86. The summed E-state index contributed by atoms with van der Waals surface area (Å²) in [6.45, 7) is 3.42. The van der Waals surface area contributed by atoms with Crippen molar-refractivity contribution in [2.75, 3.05) is 33.4 Å². The van der Waals surface area contributed by atoms with Crippen LogP contribution in [0, 0.1) is 12.8 Å². The zero-order valence-electron chi connectivity index (χ0n) is 19.5. The highest BCUT2D eigenvalue weighted by Crippen LogP contribution is 2.29. The first kappa shape index (κ1) is 24.4. The summed E-state index contributed by atoms with van der Waals surface area (Å²) in [5.41, 5.74) is 1.18. The molecule has 0 radical (unpaired) electrons. The van der Waals surface area contributed by atoms with Gasteiger partial charge in [-0.25, -0.2) is 8.42 Å². The van der Waals surface area contributed by atoms with Gasteiger partial charge < -0.3 is 19.3 Å². The van der Waals surface area contributed by atoms with Crippen LogP contribution in [0.3, 0.4) is 0 Å². The Morgan fingerprint density at radius 2 is 1.94 bits per heavy atom. The van der Waals surface area contributed by atoms with Gasteiger partial charge in [-0.15, -0.1) is 0 Å². The average Bonchev–Trinajstić information content (AvgIpc) is 3.51. The Morgan fingerprint density at radius 3 is 2.59 bits per heavy atom. The lowest BCUT2D eigenvalue weighted by Gasteiger charge is -2.30. The smallest absolute Gasteiger partial charge is 0.248 e. The second-order valence-electron chi connectivity index (χ2n) is 8.63. The van der Waals surface area contributed by atoms with Crippen LogP contribution in [0.25, 0.3) is 12.2 Å². The van der Waals surface area contributed by atoms with Crippen molar-refractivity contribution in [1.29, 1.82) is 0 Å². The van der Waals surface area contributed by atoms with E-state index in [1.807, 2.05) is 24.3 Å². The van der Waals surface area contributed by atoms with E-state index < -0.39 is 10.0 Å². The van der Waals surface area contributed by atoms with Gasteiger partial charge in [0.1, 0.15) is 11.4 Å². The average molecular weight is 490 g/mol. The molecule has 0 aliphatic carbocycles. The molecule has 1 aromatic carbocycles. The molecular formula is C24H31N3O6S. The molecule has 0 saturated carbocycles. The number of nitrogens with one attached hydrogen (secondary N) is 1. The van der Waals surface area contributed by atoms with Gasteiger partial charge in [-0.1, -0.05) is 23.4 Å². The number of amides is 1. The van der Waals surface area contributed by atoms with Crippen molar-refractivity contribution in [3.63, 3.8) is 0 Å². The van der Waals surface area contributed by atoms with E-state index in [9.17, 15) is 13.2 Å². The van der Waals surface area contributed by atoms with Crippen molar-refractivity contribution in [2.24, 2.45) is 5.92 Å². The zero-order chi connectivity index (χ0) is 24.1. The molecule has 4 rings (SSSR count). The maximum Gasteiger partial charge on any atom is 0.248 e. The first-order chi connectivity index (χ1) is 16.4. The Morgan fingerprint density at radius 1 is 1.21 bits per heavy atom.